The van der Waals surface area contributed by atoms with Crippen molar-refractivity contribution in [2.45, 2.75) is 51.9 Å². The third-order valence-electron chi connectivity index (χ3n) is 14.4. The van der Waals surface area contributed by atoms with Crippen molar-refractivity contribution in [1.29, 1.82) is 0 Å². The Labute approximate surface area is 485 Å². The summed E-state index contributed by atoms with van der Waals surface area (Å²) >= 11 is 22.4. The Balaban J connectivity index is 0.000000164. The number of nitrogens with zero attached hydrogens (tertiary/aromatic N) is 8. The first-order chi connectivity index (χ1) is 36.2. The normalized spacial score (nSPS) is 18.1. The van der Waals surface area contributed by atoms with Crippen LogP contribution in [0.4, 0.5) is 27.3 Å². The molecule has 0 bridgehead atoms. The molecule has 1 atom stereocenters. The number of anilines is 4. The summed E-state index contributed by atoms with van der Waals surface area (Å²) in [5.41, 5.74) is 12.1. The lowest BCUT2D eigenvalue weighted by Crippen LogP contribution is -2.44. The highest BCUT2D eigenvalue weighted by molar-refractivity contribution is 9.11. The first kappa shape index (κ1) is 59.7. The molecule has 406 valence electrons. The van der Waals surface area contributed by atoms with Crippen LogP contribution in [0, 0.1) is 5.82 Å². The monoisotopic (exact) mass is 1270 g/mol. The van der Waals surface area contributed by atoms with Gasteiger partial charge in [0, 0.05) is 131 Å². The Hall–Kier alpha value is -4.01. The van der Waals surface area contributed by atoms with E-state index in [0.29, 0.717) is 22.0 Å². The molecule has 0 aliphatic carbocycles. The largest absolute Gasteiger partial charge is 0.494 e. The standard InChI is InChI=1S/C23H24Cl2FN5O.C17H27BN2O2.C11H15BrN2.C6H4Br2/c1-14(21-17(24)7-8-18(26)22(21)25)32-20-13-19(28-29-23(20)27)15-3-5-16(6-4-15)31-11-9-30(2)10-12-31;1-16(2)17(3,4)22-18(21-16)14-6-8-15(9-7-14)20-12-10-19(5)11-13-20;1-13-6-8-14(9-7-13)11-4-2-10(12)3-5-11;7-5-1-2-6(8)4-3-5/h3-8,13-14H,9-12H2,1-2H3,(H2,27,29);6-9H,10-13H2,1-5H3;2-5H,6-9H2,1H3;1-4H. The molecule has 2 N–H and O–H groups in total. The zero-order valence-electron chi connectivity index (χ0n) is 44.8. The Bertz CT molecular complexity index is 2750. The van der Waals surface area contributed by atoms with Gasteiger partial charge in [0.25, 0.3) is 0 Å². The molecular weight excluding hydrogens is 1200 g/mol. The quantitative estimate of drug-likeness (QED) is 0.116. The van der Waals surface area contributed by atoms with Gasteiger partial charge in [0.1, 0.15) is 11.9 Å². The fraction of sp³-hybridized carbons (Fsp3) is 0.404. The van der Waals surface area contributed by atoms with Crippen LogP contribution < -0.4 is 30.6 Å². The van der Waals surface area contributed by atoms with E-state index in [0.717, 1.165) is 103 Å². The molecule has 0 radical (unpaired) electrons. The molecule has 1 unspecified atom stereocenters. The van der Waals surface area contributed by atoms with Crippen LogP contribution in [-0.4, -0.2) is 143 Å². The van der Waals surface area contributed by atoms with Gasteiger partial charge < -0.3 is 49.2 Å². The van der Waals surface area contributed by atoms with Crippen LogP contribution in [0.5, 0.6) is 5.75 Å². The maximum atomic E-state index is 13.9. The number of benzene rings is 5. The second-order valence-corrected chi connectivity index (χ2v) is 24.0. The summed E-state index contributed by atoms with van der Waals surface area (Å²) in [7, 11) is 6.22. The number of rotatable bonds is 8. The number of halogens is 6. The molecule has 0 saturated carbocycles. The summed E-state index contributed by atoms with van der Waals surface area (Å²) < 4.78 is 35.5. The number of nitrogens with two attached hydrogens (primary N) is 1. The lowest BCUT2D eigenvalue weighted by molar-refractivity contribution is 0.00578. The van der Waals surface area contributed by atoms with E-state index in [1.807, 2.05) is 36.4 Å². The van der Waals surface area contributed by atoms with E-state index in [2.05, 4.69) is 197 Å². The Kier molecular flexibility index (Phi) is 21.4. The Morgan fingerprint density at radius 2 is 0.961 bits per heavy atom. The first-order valence-corrected chi connectivity index (χ1v) is 28.8. The number of piperazine rings is 3. The van der Waals surface area contributed by atoms with Crippen molar-refractivity contribution < 1.29 is 18.4 Å². The number of hydrogen-bond donors (Lipinski definition) is 1. The van der Waals surface area contributed by atoms with Crippen molar-refractivity contribution in [3.8, 4) is 17.0 Å². The van der Waals surface area contributed by atoms with E-state index >= 15 is 0 Å². The lowest BCUT2D eigenvalue weighted by Gasteiger charge is -2.34. The lowest BCUT2D eigenvalue weighted by atomic mass is 9.79. The molecule has 12 nitrogen and oxygen atoms in total. The van der Waals surface area contributed by atoms with Crippen LogP contribution in [0.25, 0.3) is 11.3 Å². The molecule has 76 heavy (non-hydrogen) atoms. The van der Waals surface area contributed by atoms with Crippen LogP contribution in [0.15, 0.2) is 129 Å². The molecule has 10 rings (SSSR count). The molecule has 4 saturated heterocycles. The molecule has 1 aromatic heterocycles. The number of nitrogen functional groups attached to an aromatic ring is 1. The van der Waals surface area contributed by atoms with E-state index in [1.54, 1.807) is 13.0 Å². The third-order valence-corrected chi connectivity index (χ3v) is 16.7. The molecule has 4 aliphatic heterocycles. The predicted molar refractivity (Wildman–Crippen MR) is 325 cm³/mol. The molecule has 4 aliphatic rings. The summed E-state index contributed by atoms with van der Waals surface area (Å²) in [6.45, 7) is 23.2. The molecule has 5 aromatic carbocycles. The van der Waals surface area contributed by atoms with Crippen molar-refractivity contribution in [2.75, 3.05) is 120 Å². The topological polar surface area (TPSA) is 98.9 Å². The SMILES string of the molecule is Brc1ccc(Br)cc1.CC(Oc1cc(-c2ccc(N3CCN(C)CC3)cc2)nnc1N)c1c(Cl)ccc(F)c1Cl.CN1CCN(c2ccc(B3OC(C)(C)C(C)(C)O3)cc2)CC1.CN1CCN(c2ccc(Br)cc2)CC1. The highest BCUT2D eigenvalue weighted by atomic mass is 79.9. The van der Waals surface area contributed by atoms with E-state index < -0.39 is 11.9 Å². The van der Waals surface area contributed by atoms with Crippen LogP contribution in [0.1, 0.15) is 46.3 Å². The van der Waals surface area contributed by atoms with Crippen LogP contribution in [-0.2, 0) is 9.31 Å². The molecule has 6 aromatic rings. The molecular formula is C57H70BBr3Cl2FN9O3. The maximum absolute atomic E-state index is 13.9. The van der Waals surface area contributed by atoms with Gasteiger partial charge in [-0.1, -0.05) is 95.3 Å². The molecule has 4 fully saturated rings. The minimum Gasteiger partial charge on any atom is -0.482 e. The van der Waals surface area contributed by atoms with Crippen molar-refractivity contribution >= 4 is 106 Å². The highest BCUT2D eigenvalue weighted by Crippen LogP contribution is 2.38. The molecule has 19 heteroatoms. The highest BCUT2D eigenvalue weighted by Gasteiger charge is 2.51. The van der Waals surface area contributed by atoms with E-state index in [9.17, 15) is 4.39 Å². The van der Waals surface area contributed by atoms with Crippen LogP contribution in [0.3, 0.4) is 0 Å². The van der Waals surface area contributed by atoms with Crippen molar-refractivity contribution in [1.82, 2.24) is 24.9 Å². The van der Waals surface area contributed by atoms with Gasteiger partial charge in [-0.3, -0.25) is 0 Å². The number of ether oxygens (including phenoxy) is 1. The minimum atomic E-state index is -0.648. The van der Waals surface area contributed by atoms with Crippen LogP contribution in [0.2, 0.25) is 10.0 Å². The average molecular weight is 1270 g/mol. The molecule has 0 amide bonds. The van der Waals surface area contributed by atoms with Gasteiger partial charge in [-0.25, -0.2) is 4.39 Å². The summed E-state index contributed by atoms with van der Waals surface area (Å²) in [6, 6.07) is 37.7. The van der Waals surface area contributed by atoms with Gasteiger partial charge in [-0.15, -0.1) is 10.2 Å². The first-order valence-electron chi connectivity index (χ1n) is 25.6. The molecule has 0 spiro atoms. The van der Waals surface area contributed by atoms with Gasteiger partial charge in [-0.2, -0.15) is 0 Å². The van der Waals surface area contributed by atoms with Gasteiger partial charge >= 0.3 is 7.12 Å². The van der Waals surface area contributed by atoms with Crippen molar-refractivity contribution in [3.63, 3.8) is 0 Å². The Morgan fingerprint density at radius 3 is 1.38 bits per heavy atom. The molecule has 5 heterocycles. The van der Waals surface area contributed by atoms with Gasteiger partial charge in [-0.05, 0) is 146 Å². The third kappa shape index (κ3) is 16.3. The van der Waals surface area contributed by atoms with Gasteiger partial charge in [0.05, 0.1) is 21.9 Å². The minimum absolute atomic E-state index is 0.0784. The van der Waals surface area contributed by atoms with Crippen molar-refractivity contribution in [2.24, 2.45) is 0 Å². The number of likely N-dealkylation sites (N-methyl/N-ethyl adjacent to an activating group) is 3. The fourth-order valence-corrected chi connectivity index (χ4v) is 10.2. The Morgan fingerprint density at radius 1 is 0.579 bits per heavy atom. The second kappa shape index (κ2) is 27.2. The summed E-state index contributed by atoms with van der Waals surface area (Å²) in [5.74, 6) is -0.121. The summed E-state index contributed by atoms with van der Waals surface area (Å²) in [5, 5.41) is 8.47. The van der Waals surface area contributed by atoms with E-state index in [-0.39, 0.29) is 29.2 Å². The summed E-state index contributed by atoms with van der Waals surface area (Å²) in [6.07, 6.45) is -0.648. The van der Waals surface area contributed by atoms with Gasteiger partial charge in [0.2, 0.25) is 0 Å². The zero-order chi connectivity index (χ0) is 54.7. The van der Waals surface area contributed by atoms with Gasteiger partial charge in [0.15, 0.2) is 11.6 Å². The predicted octanol–water partition coefficient (Wildman–Crippen LogP) is 12.2. The zero-order valence-corrected chi connectivity index (χ0v) is 51.0. The maximum Gasteiger partial charge on any atom is 0.494 e. The van der Waals surface area contributed by atoms with E-state index in [1.165, 1.54) is 29.2 Å². The van der Waals surface area contributed by atoms with Crippen molar-refractivity contribution in [3.05, 3.63) is 150 Å². The summed E-state index contributed by atoms with van der Waals surface area (Å²) in [4.78, 5) is 14.3. The van der Waals surface area contributed by atoms with Crippen LogP contribution >= 0.6 is 71.0 Å². The average Bonchev–Trinajstić information content (AvgIpc) is 3.63. The fourth-order valence-electron chi connectivity index (χ4n) is 8.72. The number of hydrogen-bond acceptors (Lipinski definition) is 12. The van der Waals surface area contributed by atoms with E-state index in [4.69, 9.17) is 43.0 Å². The number of aromatic nitrogens is 2. The smallest absolute Gasteiger partial charge is 0.482 e. The second-order valence-electron chi connectivity index (χ2n) is 20.5.